The highest BCUT2D eigenvalue weighted by Gasteiger charge is 2.14. The highest BCUT2D eigenvalue weighted by Crippen LogP contribution is 2.30. The lowest BCUT2D eigenvalue weighted by Gasteiger charge is -2.23. The van der Waals surface area contributed by atoms with Gasteiger partial charge in [0.15, 0.2) is 0 Å². The van der Waals surface area contributed by atoms with Crippen LogP contribution in [-0.2, 0) is 9.47 Å². The second kappa shape index (κ2) is 11.1. The molecule has 0 saturated carbocycles. The number of benzene rings is 3. The van der Waals surface area contributed by atoms with Crippen molar-refractivity contribution in [3.05, 3.63) is 71.8 Å². The predicted octanol–water partition coefficient (Wildman–Crippen LogP) is 3.82. The first-order valence-corrected chi connectivity index (χ1v) is 10.5. The largest absolute Gasteiger partial charge is 0.465 e. The molecule has 3 aromatic rings. The number of morpholine rings is 1. The lowest BCUT2D eigenvalue weighted by Crippen LogP contribution is -2.43. The van der Waals surface area contributed by atoms with Gasteiger partial charge < -0.3 is 20.1 Å². The zero-order chi connectivity index (χ0) is 21.6. The molecule has 1 unspecified atom stereocenters. The Labute approximate surface area is 193 Å². The van der Waals surface area contributed by atoms with E-state index in [0.717, 1.165) is 41.5 Å². The Morgan fingerprint density at radius 3 is 2.72 bits per heavy atom. The van der Waals surface area contributed by atoms with E-state index in [4.69, 9.17) is 9.47 Å². The van der Waals surface area contributed by atoms with Crippen LogP contribution in [0.1, 0.15) is 27.1 Å². The number of nitrogens with one attached hydrogen (secondary N) is 2. The molecular formula is C25H27ClN2O4. The summed E-state index contributed by atoms with van der Waals surface area (Å²) in [5, 5.41) is 8.37. The average Bonchev–Trinajstić information content (AvgIpc) is 2.83. The molecule has 6 nitrogen and oxygen atoms in total. The van der Waals surface area contributed by atoms with Crippen LogP contribution in [0.15, 0.2) is 60.7 Å². The van der Waals surface area contributed by atoms with Crippen LogP contribution in [0.5, 0.6) is 0 Å². The van der Waals surface area contributed by atoms with Gasteiger partial charge in [-0.1, -0.05) is 36.4 Å². The fourth-order valence-electron chi connectivity index (χ4n) is 3.88. The molecule has 0 spiro atoms. The van der Waals surface area contributed by atoms with Crippen molar-refractivity contribution in [1.29, 1.82) is 0 Å². The van der Waals surface area contributed by atoms with Gasteiger partial charge in [-0.3, -0.25) is 4.79 Å². The van der Waals surface area contributed by atoms with Crippen molar-refractivity contribution in [2.45, 2.75) is 12.5 Å². The third kappa shape index (κ3) is 5.46. The number of fused-ring (bicyclic) bond motifs is 1. The molecule has 0 aromatic heterocycles. The monoisotopic (exact) mass is 454 g/mol. The normalized spacial score (nSPS) is 15.6. The summed E-state index contributed by atoms with van der Waals surface area (Å²) in [5.41, 5.74) is 3.05. The molecule has 3 aromatic carbocycles. The fraction of sp³-hybridized carbons (Fsp3) is 0.280. The topological polar surface area (TPSA) is 76.7 Å². The second-order valence-corrected chi connectivity index (χ2v) is 7.58. The number of halogens is 1. The summed E-state index contributed by atoms with van der Waals surface area (Å²) in [7, 11) is 1.37. The summed E-state index contributed by atoms with van der Waals surface area (Å²) in [4.78, 5) is 24.5. The number of hydrogen-bond donors (Lipinski definition) is 2. The molecule has 0 aliphatic carbocycles. The summed E-state index contributed by atoms with van der Waals surface area (Å²) in [6.07, 6.45) is 0.833. The number of methoxy groups -OCH3 is 1. The molecule has 0 bridgehead atoms. The van der Waals surface area contributed by atoms with Gasteiger partial charge in [-0.05, 0) is 52.6 Å². The van der Waals surface area contributed by atoms with Crippen molar-refractivity contribution in [2.24, 2.45) is 0 Å². The van der Waals surface area contributed by atoms with Gasteiger partial charge in [-0.2, -0.15) is 0 Å². The van der Waals surface area contributed by atoms with E-state index in [1.165, 1.54) is 7.11 Å². The minimum Gasteiger partial charge on any atom is -0.465 e. The maximum absolute atomic E-state index is 12.6. The van der Waals surface area contributed by atoms with Gasteiger partial charge in [0.05, 0.1) is 25.9 Å². The van der Waals surface area contributed by atoms with Crippen LogP contribution in [0, 0.1) is 0 Å². The highest BCUT2D eigenvalue weighted by molar-refractivity contribution is 6.03. The van der Waals surface area contributed by atoms with E-state index in [0.29, 0.717) is 24.3 Å². The van der Waals surface area contributed by atoms with Crippen LogP contribution in [0.4, 0.5) is 0 Å². The molecule has 1 aliphatic heterocycles. The number of amides is 1. The molecule has 4 rings (SSSR count). The van der Waals surface area contributed by atoms with Gasteiger partial charge in [-0.15, -0.1) is 12.4 Å². The van der Waals surface area contributed by atoms with Crippen molar-refractivity contribution in [1.82, 2.24) is 10.6 Å². The Kier molecular flexibility index (Phi) is 8.22. The number of hydrogen-bond acceptors (Lipinski definition) is 5. The van der Waals surface area contributed by atoms with E-state index < -0.39 is 0 Å². The quantitative estimate of drug-likeness (QED) is 0.554. The molecule has 2 N–H and O–H groups in total. The predicted molar refractivity (Wildman–Crippen MR) is 128 cm³/mol. The summed E-state index contributed by atoms with van der Waals surface area (Å²) in [5.74, 6) is -0.451. The Hall–Kier alpha value is -2.93. The maximum Gasteiger partial charge on any atom is 0.337 e. The molecular weight excluding hydrogens is 428 g/mol. The van der Waals surface area contributed by atoms with Gasteiger partial charge >= 0.3 is 5.97 Å². The van der Waals surface area contributed by atoms with E-state index in [-0.39, 0.29) is 30.3 Å². The zero-order valence-electron chi connectivity index (χ0n) is 17.9. The highest BCUT2D eigenvalue weighted by atomic mass is 35.5. The minimum atomic E-state index is -0.365. The summed E-state index contributed by atoms with van der Waals surface area (Å²) in [6, 6.07) is 19.3. The zero-order valence-corrected chi connectivity index (χ0v) is 18.7. The third-order valence-corrected chi connectivity index (χ3v) is 5.51. The number of esters is 1. The summed E-state index contributed by atoms with van der Waals surface area (Å²) >= 11 is 0. The standard InChI is InChI=1S/C25H26N2O4.ClH/c1-30-25(29)20-6-2-4-18(15-20)22-7-3-5-17-14-19(8-9-23(17)22)24(28)27-11-10-21-16-31-13-12-26-21;/h2-9,14-15,21,26H,10-13,16H2,1H3,(H,27,28);1H. The Morgan fingerprint density at radius 1 is 1.09 bits per heavy atom. The average molecular weight is 455 g/mol. The number of rotatable bonds is 6. The molecule has 7 heteroatoms. The van der Waals surface area contributed by atoms with Gasteiger partial charge in [0, 0.05) is 24.7 Å². The SMILES string of the molecule is COC(=O)c1cccc(-c2cccc3cc(C(=O)NCCC4COCCN4)ccc23)c1.Cl. The lowest BCUT2D eigenvalue weighted by atomic mass is 9.96. The Morgan fingerprint density at radius 2 is 1.94 bits per heavy atom. The smallest absolute Gasteiger partial charge is 0.337 e. The third-order valence-electron chi connectivity index (χ3n) is 5.51. The lowest BCUT2D eigenvalue weighted by molar-refractivity contribution is 0.0600. The molecule has 1 saturated heterocycles. The van der Waals surface area contributed by atoms with Crippen LogP contribution in [0.3, 0.4) is 0 Å². The Bertz CT molecular complexity index is 1100. The van der Waals surface area contributed by atoms with E-state index in [1.54, 1.807) is 6.07 Å². The number of carbonyl (C=O) groups excluding carboxylic acids is 2. The van der Waals surface area contributed by atoms with Crippen molar-refractivity contribution >= 4 is 35.1 Å². The Balaban J connectivity index is 0.00000289. The van der Waals surface area contributed by atoms with Gasteiger partial charge in [-0.25, -0.2) is 4.79 Å². The first-order chi connectivity index (χ1) is 15.2. The molecule has 1 fully saturated rings. The molecule has 32 heavy (non-hydrogen) atoms. The van der Waals surface area contributed by atoms with Gasteiger partial charge in [0.25, 0.3) is 5.91 Å². The summed E-state index contributed by atoms with van der Waals surface area (Å²) < 4.78 is 10.3. The first-order valence-electron chi connectivity index (χ1n) is 10.5. The fourth-order valence-corrected chi connectivity index (χ4v) is 3.88. The maximum atomic E-state index is 12.6. The van der Waals surface area contributed by atoms with Gasteiger partial charge in [0.2, 0.25) is 0 Å². The molecule has 1 aliphatic rings. The molecule has 1 atom stereocenters. The van der Waals surface area contributed by atoms with Crippen molar-refractivity contribution < 1.29 is 19.1 Å². The second-order valence-electron chi connectivity index (χ2n) is 7.58. The van der Waals surface area contributed by atoms with Crippen LogP contribution >= 0.6 is 12.4 Å². The first kappa shape index (κ1) is 23.7. The van der Waals surface area contributed by atoms with Crippen LogP contribution in [0.2, 0.25) is 0 Å². The van der Waals surface area contributed by atoms with E-state index >= 15 is 0 Å². The van der Waals surface area contributed by atoms with E-state index in [9.17, 15) is 9.59 Å². The van der Waals surface area contributed by atoms with Crippen LogP contribution in [0.25, 0.3) is 21.9 Å². The molecule has 1 amide bonds. The summed E-state index contributed by atoms with van der Waals surface area (Å²) in [6.45, 7) is 2.88. The van der Waals surface area contributed by atoms with Crippen molar-refractivity contribution in [3.63, 3.8) is 0 Å². The molecule has 1 heterocycles. The molecule has 168 valence electrons. The van der Waals surface area contributed by atoms with E-state index in [1.807, 2.05) is 54.6 Å². The van der Waals surface area contributed by atoms with Crippen LogP contribution in [-0.4, -0.2) is 51.3 Å². The minimum absolute atomic E-state index is 0. The van der Waals surface area contributed by atoms with Crippen molar-refractivity contribution in [2.75, 3.05) is 33.4 Å². The van der Waals surface area contributed by atoms with E-state index in [2.05, 4.69) is 10.6 Å². The number of ether oxygens (including phenoxy) is 2. The van der Waals surface area contributed by atoms with Crippen LogP contribution < -0.4 is 10.6 Å². The van der Waals surface area contributed by atoms with Crippen molar-refractivity contribution in [3.8, 4) is 11.1 Å². The molecule has 0 radical (unpaired) electrons. The van der Waals surface area contributed by atoms with Gasteiger partial charge in [0.1, 0.15) is 0 Å². The number of carbonyl (C=O) groups is 2.